The minimum Gasteiger partial charge on any atom is -0.384 e. The molecule has 0 aliphatic carbocycles. The van der Waals surface area contributed by atoms with Crippen molar-refractivity contribution in [2.24, 2.45) is 5.92 Å². The van der Waals surface area contributed by atoms with Gasteiger partial charge in [-0.3, -0.25) is 19.5 Å². The van der Waals surface area contributed by atoms with E-state index in [1.54, 1.807) is 56.0 Å². The highest BCUT2D eigenvalue weighted by Gasteiger charge is 2.55. The molecular formula is C27H30N6O3. The summed E-state index contributed by atoms with van der Waals surface area (Å²) in [6.07, 6.45) is 6.68. The Hall–Kier alpha value is -4.27. The van der Waals surface area contributed by atoms with Crippen LogP contribution in [0.3, 0.4) is 0 Å². The molecule has 3 heterocycles. The number of urea groups is 1. The van der Waals surface area contributed by atoms with Crippen LogP contribution >= 0.6 is 0 Å². The third kappa shape index (κ3) is 5.19. The van der Waals surface area contributed by atoms with Crippen LogP contribution in [0.25, 0.3) is 0 Å². The second-order valence-corrected chi connectivity index (χ2v) is 8.86. The Morgan fingerprint density at radius 2 is 1.92 bits per heavy atom. The van der Waals surface area contributed by atoms with Crippen LogP contribution in [-0.2, 0) is 16.0 Å². The van der Waals surface area contributed by atoms with Crippen LogP contribution < -0.4 is 16.0 Å². The Bertz CT molecular complexity index is 1220. The van der Waals surface area contributed by atoms with Crippen LogP contribution in [0.5, 0.6) is 0 Å². The molecule has 0 bridgehead atoms. The monoisotopic (exact) mass is 486 g/mol. The number of benzene rings is 1. The Morgan fingerprint density at radius 3 is 2.58 bits per heavy atom. The van der Waals surface area contributed by atoms with E-state index in [1.807, 2.05) is 31.2 Å². The van der Waals surface area contributed by atoms with Gasteiger partial charge in [0.2, 0.25) is 5.91 Å². The van der Waals surface area contributed by atoms with Gasteiger partial charge in [-0.15, -0.1) is 0 Å². The lowest BCUT2D eigenvalue weighted by Gasteiger charge is -2.46. The summed E-state index contributed by atoms with van der Waals surface area (Å²) in [6, 6.07) is 14.4. The number of carbonyl (C=O) groups excluding carboxylic acids is 3. The van der Waals surface area contributed by atoms with Crippen molar-refractivity contribution in [3.8, 4) is 0 Å². The standard InChI is InChI=1S/C27H30N6O3/c1-3-8-22(19-9-7-13-29-17-19)31-27(36)33-24(26(35)32(2)20-10-5-4-6-11-20)21(25(33)34)15-18-12-14-30-23(28)16-18/h4-7,9-14,16-17,21-22,24H,3,8,15H2,1-2H3,(H2,28,30)(H,31,36)/t21?,22-,24+/m1/s1. The number of nitrogens with one attached hydrogen (secondary N) is 1. The van der Waals surface area contributed by atoms with Crippen LogP contribution in [0, 0.1) is 5.92 Å². The summed E-state index contributed by atoms with van der Waals surface area (Å²) >= 11 is 0. The highest BCUT2D eigenvalue weighted by atomic mass is 16.2. The molecule has 3 atom stereocenters. The van der Waals surface area contributed by atoms with Gasteiger partial charge in [0, 0.05) is 31.3 Å². The molecule has 36 heavy (non-hydrogen) atoms. The number of likely N-dealkylation sites (N-methyl/N-ethyl adjacent to an activating group) is 1. The number of carbonyl (C=O) groups is 3. The summed E-state index contributed by atoms with van der Waals surface area (Å²) in [5.74, 6) is -1.10. The fourth-order valence-electron chi connectivity index (χ4n) is 4.52. The number of imide groups is 1. The molecule has 4 rings (SSSR count). The molecule has 9 heteroatoms. The van der Waals surface area contributed by atoms with Crippen LogP contribution in [-0.4, -0.2) is 45.8 Å². The molecule has 1 unspecified atom stereocenters. The summed E-state index contributed by atoms with van der Waals surface area (Å²) in [5, 5.41) is 2.95. The number of likely N-dealkylation sites (tertiary alicyclic amines) is 1. The number of β-lactam (4-membered cyclic amide) rings is 1. The first kappa shape index (κ1) is 24.8. The average molecular weight is 487 g/mol. The van der Waals surface area contributed by atoms with Crippen molar-refractivity contribution in [1.29, 1.82) is 0 Å². The van der Waals surface area contributed by atoms with Gasteiger partial charge in [-0.05, 0) is 54.3 Å². The van der Waals surface area contributed by atoms with Crippen molar-refractivity contribution >= 4 is 29.4 Å². The zero-order valence-corrected chi connectivity index (χ0v) is 20.4. The fourth-order valence-corrected chi connectivity index (χ4v) is 4.52. The Kier molecular flexibility index (Phi) is 7.58. The number of pyridine rings is 2. The molecule has 186 valence electrons. The van der Waals surface area contributed by atoms with Crippen LogP contribution in [0.15, 0.2) is 73.2 Å². The van der Waals surface area contributed by atoms with Crippen molar-refractivity contribution in [2.45, 2.75) is 38.3 Å². The summed E-state index contributed by atoms with van der Waals surface area (Å²) in [4.78, 5) is 51.0. The number of rotatable bonds is 8. The third-order valence-electron chi connectivity index (χ3n) is 6.42. The number of nitrogen functional groups attached to an aromatic ring is 1. The molecule has 3 N–H and O–H groups in total. The van der Waals surface area contributed by atoms with E-state index in [1.165, 1.54) is 4.90 Å². The molecule has 1 saturated heterocycles. The highest BCUT2D eigenvalue weighted by Crippen LogP contribution is 2.33. The molecule has 0 radical (unpaired) electrons. The number of para-hydroxylation sites is 1. The van der Waals surface area contributed by atoms with Crippen LogP contribution in [0.1, 0.15) is 36.9 Å². The van der Waals surface area contributed by atoms with E-state index in [0.29, 0.717) is 17.9 Å². The number of aromatic nitrogens is 2. The third-order valence-corrected chi connectivity index (χ3v) is 6.42. The maximum absolute atomic E-state index is 13.6. The molecule has 4 amide bonds. The summed E-state index contributed by atoms with van der Waals surface area (Å²) < 4.78 is 0. The maximum atomic E-state index is 13.6. The zero-order chi connectivity index (χ0) is 25.7. The molecule has 1 aromatic carbocycles. The molecule has 2 aromatic heterocycles. The number of nitrogens with zero attached hydrogens (tertiary/aromatic N) is 4. The first-order valence-electron chi connectivity index (χ1n) is 12.0. The predicted molar refractivity (Wildman–Crippen MR) is 137 cm³/mol. The second-order valence-electron chi connectivity index (χ2n) is 8.86. The van der Waals surface area contributed by atoms with Crippen molar-refractivity contribution in [1.82, 2.24) is 20.2 Å². The first-order valence-corrected chi connectivity index (χ1v) is 12.0. The number of amides is 4. The van der Waals surface area contributed by atoms with Gasteiger partial charge in [-0.25, -0.2) is 9.78 Å². The van der Waals surface area contributed by atoms with E-state index in [4.69, 9.17) is 5.73 Å². The van der Waals surface area contributed by atoms with Crippen LogP contribution in [0.4, 0.5) is 16.3 Å². The largest absolute Gasteiger partial charge is 0.384 e. The Labute approximate surface area is 210 Å². The average Bonchev–Trinajstić information content (AvgIpc) is 2.90. The van der Waals surface area contributed by atoms with Gasteiger partial charge in [-0.2, -0.15) is 0 Å². The molecule has 0 spiro atoms. The minimum atomic E-state index is -0.951. The molecule has 9 nitrogen and oxygen atoms in total. The van der Waals surface area contributed by atoms with Gasteiger partial charge in [-0.1, -0.05) is 37.6 Å². The van der Waals surface area contributed by atoms with Gasteiger partial charge >= 0.3 is 6.03 Å². The normalized spacial score (nSPS) is 17.7. The van der Waals surface area contributed by atoms with Gasteiger partial charge in [0.25, 0.3) is 5.91 Å². The molecule has 3 aromatic rings. The zero-order valence-electron chi connectivity index (χ0n) is 20.4. The smallest absolute Gasteiger partial charge is 0.325 e. The molecule has 1 aliphatic rings. The first-order chi connectivity index (χ1) is 17.4. The number of nitrogens with two attached hydrogens (primary N) is 1. The second kappa shape index (κ2) is 11.0. The van der Waals surface area contributed by atoms with Crippen molar-refractivity contribution in [3.63, 3.8) is 0 Å². The number of hydrogen-bond acceptors (Lipinski definition) is 6. The van der Waals surface area contributed by atoms with Crippen molar-refractivity contribution < 1.29 is 14.4 Å². The Morgan fingerprint density at radius 1 is 1.14 bits per heavy atom. The lowest BCUT2D eigenvalue weighted by Crippen LogP contribution is -2.70. The summed E-state index contributed by atoms with van der Waals surface area (Å²) in [7, 11) is 1.65. The summed E-state index contributed by atoms with van der Waals surface area (Å²) in [6.45, 7) is 2.02. The number of hydrogen-bond donors (Lipinski definition) is 2. The van der Waals surface area contributed by atoms with Crippen molar-refractivity contribution in [2.75, 3.05) is 17.7 Å². The predicted octanol–water partition coefficient (Wildman–Crippen LogP) is 3.34. The molecular weight excluding hydrogens is 456 g/mol. The topological polar surface area (TPSA) is 122 Å². The maximum Gasteiger partial charge on any atom is 0.325 e. The van der Waals surface area contributed by atoms with E-state index < -0.39 is 23.9 Å². The fraction of sp³-hybridized carbons (Fsp3) is 0.296. The highest BCUT2D eigenvalue weighted by molar-refractivity contribution is 6.12. The van der Waals surface area contributed by atoms with E-state index in [-0.39, 0.29) is 18.4 Å². The van der Waals surface area contributed by atoms with Gasteiger partial charge in [0.05, 0.1) is 12.0 Å². The SMILES string of the molecule is CCC[C@@H](NC(=O)N1C(=O)C(Cc2ccnc(N)c2)[C@H]1C(=O)N(C)c1ccccc1)c1cccnc1. The van der Waals surface area contributed by atoms with Crippen molar-refractivity contribution in [3.05, 3.63) is 84.3 Å². The van der Waals surface area contributed by atoms with E-state index >= 15 is 0 Å². The molecule has 1 aliphatic heterocycles. The number of anilines is 2. The molecule has 1 fully saturated rings. The van der Waals surface area contributed by atoms with E-state index in [2.05, 4.69) is 15.3 Å². The van der Waals surface area contributed by atoms with Crippen LogP contribution in [0.2, 0.25) is 0 Å². The minimum absolute atomic E-state index is 0.273. The quantitative estimate of drug-likeness (QED) is 0.471. The molecule has 0 saturated carbocycles. The lowest BCUT2D eigenvalue weighted by molar-refractivity contribution is -0.156. The van der Waals surface area contributed by atoms with E-state index in [9.17, 15) is 14.4 Å². The van der Waals surface area contributed by atoms with Gasteiger partial charge in [0.15, 0.2) is 0 Å². The van der Waals surface area contributed by atoms with E-state index in [0.717, 1.165) is 22.4 Å². The Balaban J connectivity index is 1.60. The summed E-state index contributed by atoms with van der Waals surface area (Å²) in [5.41, 5.74) is 8.10. The lowest BCUT2D eigenvalue weighted by atomic mass is 9.81. The van der Waals surface area contributed by atoms with Gasteiger partial charge < -0.3 is 16.0 Å². The van der Waals surface area contributed by atoms with Gasteiger partial charge in [0.1, 0.15) is 11.9 Å².